The summed E-state index contributed by atoms with van der Waals surface area (Å²) >= 11 is 0. The van der Waals surface area contributed by atoms with Crippen LogP contribution in [0.4, 0.5) is 0 Å². The molecule has 0 bridgehead atoms. The third-order valence-electron chi connectivity index (χ3n) is 1.49. The fourth-order valence-corrected chi connectivity index (χ4v) is 1.42. The number of nitriles is 1. The molecule has 0 fully saturated rings. The number of sulfonamides is 1. The van der Waals surface area contributed by atoms with Gasteiger partial charge in [-0.3, -0.25) is 0 Å². The summed E-state index contributed by atoms with van der Waals surface area (Å²) in [4.78, 5) is 0. The number of rotatable bonds is 4. The van der Waals surface area contributed by atoms with Gasteiger partial charge in [0.1, 0.15) is 6.04 Å². The van der Waals surface area contributed by atoms with Crippen molar-refractivity contribution < 1.29 is 8.42 Å². The monoisotopic (exact) mass is 190 g/mol. The Morgan fingerprint density at radius 3 is 2.25 bits per heavy atom. The van der Waals surface area contributed by atoms with E-state index >= 15 is 0 Å². The van der Waals surface area contributed by atoms with E-state index in [9.17, 15) is 8.42 Å². The van der Waals surface area contributed by atoms with E-state index in [1.807, 2.05) is 6.07 Å². The second-order valence-electron chi connectivity index (χ2n) is 2.80. The summed E-state index contributed by atoms with van der Waals surface area (Å²) in [6, 6.07) is 1.27. The molecule has 0 aromatic carbocycles. The van der Waals surface area contributed by atoms with Gasteiger partial charge in [0.15, 0.2) is 0 Å². The highest BCUT2D eigenvalue weighted by Crippen LogP contribution is 1.99. The maximum Gasteiger partial charge on any atom is 0.215 e. The molecule has 0 spiro atoms. The largest absolute Gasteiger partial charge is 0.215 e. The summed E-state index contributed by atoms with van der Waals surface area (Å²) < 4.78 is 24.7. The average molecular weight is 190 g/mol. The van der Waals surface area contributed by atoms with E-state index in [1.165, 1.54) is 0 Å². The molecule has 5 heteroatoms. The molecule has 0 aliphatic carbocycles. The van der Waals surface area contributed by atoms with Gasteiger partial charge in [0.2, 0.25) is 10.0 Å². The van der Waals surface area contributed by atoms with Crippen LogP contribution in [0.5, 0.6) is 0 Å². The van der Waals surface area contributed by atoms with Crippen molar-refractivity contribution in [3.05, 3.63) is 0 Å². The molecule has 0 aromatic rings. The summed E-state index contributed by atoms with van der Waals surface area (Å²) in [5.41, 5.74) is 0. The maximum atomic E-state index is 11.2. The molecule has 0 saturated heterocycles. The minimum atomic E-state index is -3.29. The van der Waals surface area contributed by atoms with E-state index in [0.717, 1.165) is 0 Å². The van der Waals surface area contributed by atoms with Gasteiger partial charge in [-0.05, 0) is 20.3 Å². The lowest BCUT2D eigenvalue weighted by Gasteiger charge is -2.11. The summed E-state index contributed by atoms with van der Waals surface area (Å²) in [5.74, 6) is 0. The summed E-state index contributed by atoms with van der Waals surface area (Å²) in [7, 11) is -3.29. The highest BCUT2D eigenvalue weighted by Gasteiger charge is 2.19. The van der Waals surface area contributed by atoms with Gasteiger partial charge in [0.05, 0.1) is 11.3 Å². The standard InChI is InChI=1S/C7H14N2O2S/c1-4-7(5-8)9-12(10,11)6(2)3/h6-7,9H,4H2,1-3H3. The Morgan fingerprint density at radius 1 is 1.50 bits per heavy atom. The van der Waals surface area contributed by atoms with Gasteiger partial charge in [0, 0.05) is 0 Å². The van der Waals surface area contributed by atoms with Crippen LogP contribution in [0.3, 0.4) is 0 Å². The van der Waals surface area contributed by atoms with Crippen molar-refractivity contribution in [3.8, 4) is 6.07 Å². The van der Waals surface area contributed by atoms with Gasteiger partial charge in [-0.25, -0.2) is 8.42 Å². The van der Waals surface area contributed by atoms with Crippen LogP contribution >= 0.6 is 0 Å². The minimum absolute atomic E-state index is 0.486. The van der Waals surface area contributed by atoms with Crippen molar-refractivity contribution in [2.45, 2.75) is 38.5 Å². The van der Waals surface area contributed by atoms with Crippen molar-refractivity contribution in [2.24, 2.45) is 0 Å². The van der Waals surface area contributed by atoms with Crippen LogP contribution < -0.4 is 4.72 Å². The maximum absolute atomic E-state index is 11.2. The first-order valence-corrected chi connectivity index (χ1v) is 5.39. The summed E-state index contributed by atoms with van der Waals surface area (Å²) in [6.45, 7) is 4.91. The van der Waals surface area contributed by atoms with Crippen molar-refractivity contribution in [2.75, 3.05) is 0 Å². The lowest BCUT2D eigenvalue weighted by Crippen LogP contribution is -2.37. The van der Waals surface area contributed by atoms with E-state index in [0.29, 0.717) is 6.42 Å². The molecule has 12 heavy (non-hydrogen) atoms. The lowest BCUT2D eigenvalue weighted by molar-refractivity contribution is 0.560. The quantitative estimate of drug-likeness (QED) is 0.706. The van der Waals surface area contributed by atoms with Crippen molar-refractivity contribution in [1.82, 2.24) is 4.72 Å². The molecule has 4 nitrogen and oxygen atoms in total. The van der Waals surface area contributed by atoms with Gasteiger partial charge in [-0.2, -0.15) is 9.98 Å². The van der Waals surface area contributed by atoms with Crippen LogP contribution in [0.15, 0.2) is 0 Å². The summed E-state index contributed by atoms with van der Waals surface area (Å²) in [5, 5.41) is 8.01. The zero-order chi connectivity index (χ0) is 9.78. The SMILES string of the molecule is CCC(C#N)NS(=O)(=O)C(C)C. The highest BCUT2D eigenvalue weighted by atomic mass is 32.2. The van der Waals surface area contributed by atoms with Crippen LogP contribution in [0, 0.1) is 11.3 Å². The van der Waals surface area contributed by atoms with Crippen LogP contribution in [0.25, 0.3) is 0 Å². The van der Waals surface area contributed by atoms with Crippen LogP contribution in [-0.4, -0.2) is 19.7 Å². The first-order chi connectivity index (χ1) is 5.44. The predicted octanol–water partition coefficient (Wildman–Crippen LogP) is 0.616. The molecule has 0 aliphatic heterocycles. The number of nitrogens with one attached hydrogen (secondary N) is 1. The van der Waals surface area contributed by atoms with Gasteiger partial charge >= 0.3 is 0 Å². The molecule has 1 N–H and O–H groups in total. The Balaban J connectivity index is 4.37. The Labute approximate surface area is 73.6 Å². The van der Waals surface area contributed by atoms with Crippen LogP contribution in [0.2, 0.25) is 0 Å². The lowest BCUT2D eigenvalue weighted by atomic mass is 10.3. The highest BCUT2D eigenvalue weighted by molar-refractivity contribution is 7.90. The molecule has 0 aliphatic rings. The number of nitrogens with zero attached hydrogens (tertiary/aromatic N) is 1. The fraction of sp³-hybridized carbons (Fsp3) is 0.857. The Morgan fingerprint density at radius 2 is 2.00 bits per heavy atom. The van der Waals surface area contributed by atoms with Crippen LogP contribution in [-0.2, 0) is 10.0 Å². The predicted molar refractivity (Wildman–Crippen MR) is 46.9 cm³/mol. The van der Waals surface area contributed by atoms with E-state index in [4.69, 9.17) is 5.26 Å². The molecule has 0 radical (unpaired) electrons. The average Bonchev–Trinajstić information content (AvgIpc) is 2.00. The zero-order valence-corrected chi connectivity index (χ0v) is 8.35. The first-order valence-electron chi connectivity index (χ1n) is 3.84. The van der Waals surface area contributed by atoms with Gasteiger partial charge in [-0.1, -0.05) is 6.92 Å². The van der Waals surface area contributed by atoms with E-state index < -0.39 is 21.3 Å². The second kappa shape index (κ2) is 4.43. The molecule has 0 heterocycles. The van der Waals surface area contributed by atoms with Gasteiger partial charge in [0.25, 0.3) is 0 Å². The Kier molecular flexibility index (Phi) is 4.21. The third kappa shape index (κ3) is 3.20. The fourth-order valence-electron chi connectivity index (χ4n) is 0.535. The third-order valence-corrected chi connectivity index (χ3v) is 3.35. The van der Waals surface area contributed by atoms with Crippen molar-refractivity contribution in [1.29, 1.82) is 5.26 Å². The van der Waals surface area contributed by atoms with Crippen LogP contribution in [0.1, 0.15) is 27.2 Å². The number of hydrogen-bond donors (Lipinski definition) is 1. The Bertz CT molecular complexity index is 264. The van der Waals surface area contributed by atoms with E-state index in [1.54, 1.807) is 20.8 Å². The smallest absolute Gasteiger partial charge is 0.212 e. The molecule has 1 atom stereocenters. The van der Waals surface area contributed by atoms with Gasteiger partial charge in [-0.15, -0.1) is 0 Å². The normalized spacial score (nSPS) is 14.2. The minimum Gasteiger partial charge on any atom is -0.212 e. The molecule has 0 aromatic heterocycles. The summed E-state index contributed by atoms with van der Waals surface area (Å²) in [6.07, 6.45) is 0.489. The number of hydrogen-bond acceptors (Lipinski definition) is 3. The molecule has 0 saturated carbocycles. The molecule has 70 valence electrons. The van der Waals surface area contributed by atoms with Gasteiger partial charge < -0.3 is 0 Å². The zero-order valence-electron chi connectivity index (χ0n) is 7.53. The Hall–Kier alpha value is -0.600. The van der Waals surface area contributed by atoms with Crippen molar-refractivity contribution >= 4 is 10.0 Å². The second-order valence-corrected chi connectivity index (χ2v) is 5.07. The first kappa shape index (κ1) is 11.4. The van der Waals surface area contributed by atoms with E-state index in [-0.39, 0.29) is 0 Å². The molecule has 0 rings (SSSR count). The molecular formula is C7H14N2O2S. The molecule has 0 amide bonds. The topological polar surface area (TPSA) is 70.0 Å². The van der Waals surface area contributed by atoms with Crippen molar-refractivity contribution in [3.63, 3.8) is 0 Å². The molecular weight excluding hydrogens is 176 g/mol. The van der Waals surface area contributed by atoms with E-state index in [2.05, 4.69) is 4.72 Å². The molecule has 1 unspecified atom stereocenters.